The molecule has 2 aromatic carbocycles. The van der Waals surface area contributed by atoms with Crippen LogP contribution in [0.5, 0.6) is 11.5 Å². The van der Waals surface area contributed by atoms with E-state index in [9.17, 15) is 4.79 Å². The molecular formula is C24H21NO4S. The maximum absolute atomic E-state index is 12.2. The number of ether oxygens (including phenoxy) is 3. The van der Waals surface area contributed by atoms with Crippen molar-refractivity contribution in [1.29, 1.82) is 0 Å². The van der Waals surface area contributed by atoms with Gasteiger partial charge in [0, 0.05) is 17.8 Å². The van der Waals surface area contributed by atoms with Crippen molar-refractivity contribution >= 4 is 23.5 Å². The van der Waals surface area contributed by atoms with Gasteiger partial charge in [-0.1, -0.05) is 54.6 Å². The van der Waals surface area contributed by atoms with Crippen LogP contribution in [0.2, 0.25) is 0 Å². The Labute approximate surface area is 178 Å². The van der Waals surface area contributed by atoms with E-state index < -0.39 is 6.09 Å². The predicted molar refractivity (Wildman–Crippen MR) is 117 cm³/mol. The zero-order chi connectivity index (χ0) is 20.3. The first-order valence-corrected chi connectivity index (χ1v) is 10.8. The fourth-order valence-electron chi connectivity index (χ4n) is 3.96. The lowest BCUT2D eigenvalue weighted by molar-refractivity contribution is 0.144. The lowest BCUT2D eigenvalue weighted by Crippen LogP contribution is -2.26. The van der Waals surface area contributed by atoms with Crippen LogP contribution in [0.3, 0.4) is 0 Å². The van der Waals surface area contributed by atoms with Crippen LogP contribution in [-0.2, 0) is 4.74 Å². The quantitative estimate of drug-likeness (QED) is 0.627. The summed E-state index contributed by atoms with van der Waals surface area (Å²) >= 11 is 1.56. The minimum atomic E-state index is -0.422. The number of hydrogen-bond donors (Lipinski definition) is 1. The van der Waals surface area contributed by atoms with E-state index in [2.05, 4.69) is 29.6 Å². The molecule has 2 aliphatic rings. The van der Waals surface area contributed by atoms with Crippen molar-refractivity contribution in [3.63, 3.8) is 0 Å². The predicted octanol–water partition coefficient (Wildman–Crippen LogP) is 5.07. The molecule has 1 amide bonds. The minimum Gasteiger partial charge on any atom is -0.485 e. The third-order valence-electron chi connectivity index (χ3n) is 5.30. The second-order valence-corrected chi connectivity index (χ2v) is 8.01. The first-order chi connectivity index (χ1) is 14.8. The van der Waals surface area contributed by atoms with E-state index in [4.69, 9.17) is 14.2 Å². The number of benzene rings is 2. The summed E-state index contributed by atoms with van der Waals surface area (Å²) < 4.78 is 16.7. The Kier molecular flexibility index (Phi) is 5.15. The highest BCUT2D eigenvalue weighted by molar-refractivity contribution is 7.11. The normalized spacial score (nSPS) is 14.4. The molecule has 152 valence electrons. The van der Waals surface area contributed by atoms with Gasteiger partial charge >= 0.3 is 6.09 Å². The molecule has 0 fully saturated rings. The summed E-state index contributed by atoms with van der Waals surface area (Å²) in [4.78, 5) is 13.2. The molecule has 2 heterocycles. The standard InChI is InChI=1S/C24H21NO4S/c26-24(25-11-5-10-22-23-21(15-30-22)27-12-13-28-23)29-14-20-18-8-3-1-6-16(18)17-7-2-4-9-19(17)20/h1-10,15,20H,11-14H2,(H,25,26). The van der Waals surface area contributed by atoms with E-state index in [0.29, 0.717) is 26.4 Å². The van der Waals surface area contributed by atoms with Gasteiger partial charge in [-0.2, -0.15) is 0 Å². The summed E-state index contributed by atoms with van der Waals surface area (Å²) in [7, 11) is 0. The first-order valence-electron chi connectivity index (χ1n) is 9.94. The van der Waals surface area contributed by atoms with Crippen LogP contribution in [0.15, 0.2) is 60.0 Å². The number of fused-ring (bicyclic) bond motifs is 4. The number of alkyl carbamates (subject to hydrolysis) is 1. The van der Waals surface area contributed by atoms with Gasteiger partial charge in [-0.05, 0) is 28.3 Å². The van der Waals surface area contributed by atoms with Crippen LogP contribution >= 0.6 is 11.3 Å². The van der Waals surface area contributed by atoms with Crippen molar-refractivity contribution in [2.45, 2.75) is 5.92 Å². The molecule has 5 nitrogen and oxygen atoms in total. The summed E-state index contributed by atoms with van der Waals surface area (Å²) in [5.74, 6) is 1.63. The van der Waals surface area contributed by atoms with Crippen molar-refractivity contribution in [1.82, 2.24) is 5.32 Å². The number of hydrogen-bond acceptors (Lipinski definition) is 5. The van der Waals surface area contributed by atoms with E-state index in [0.717, 1.165) is 16.4 Å². The van der Waals surface area contributed by atoms with Gasteiger partial charge in [-0.25, -0.2) is 4.79 Å². The zero-order valence-electron chi connectivity index (χ0n) is 16.3. The number of carbonyl (C=O) groups is 1. The fourth-order valence-corrected chi connectivity index (χ4v) is 4.81. The van der Waals surface area contributed by atoms with Crippen LogP contribution in [0.1, 0.15) is 21.9 Å². The van der Waals surface area contributed by atoms with Gasteiger partial charge in [0.1, 0.15) is 19.8 Å². The van der Waals surface area contributed by atoms with Crippen LogP contribution in [0.25, 0.3) is 17.2 Å². The van der Waals surface area contributed by atoms with Gasteiger partial charge in [0.15, 0.2) is 11.5 Å². The Morgan fingerprint density at radius 1 is 1.07 bits per heavy atom. The maximum atomic E-state index is 12.2. The van der Waals surface area contributed by atoms with E-state index in [1.165, 1.54) is 22.3 Å². The van der Waals surface area contributed by atoms with Gasteiger partial charge < -0.3 is 19.5 Å². The van der Waals surface area contributed by atoms with E-state index in [1.807, 2.05) is 41.8 Å². The molecule has 0 saturated carbocycles. The van der Waals surface area contributed by atoms with Gasteiger partial charge in [-0.3, -0.25) is 0 Å². The Hall–Kier alpha value is -3.25. The second kappa shape index (κ2) is 8.24. The lowest BCUT2D eigenvalue weighted by atomic mass is 9.98. The number of nitrogens with one attached hydrogen (secondary N) is 1. The smallest absolute Gasteiger partial charge is 0.407 e. The topological polar surface area (TPSA) is 56.8 Å². The highest BCUT2D eigenvalue weighted by Gasteiger charge is 2.28. The van der Waals surface area contributed by atoms with Crippen molar-refractivity contribution in [3.8, 4) is 22.6 Å². The van der Waals surface area contributed by atoms with Crippen LogP contribution in [0, 0.1) is 0 Å². The number of carbonyl (C=O) groups excluding carboxylic acids is 1. The summed E-state index contributed by atoms with van der Waals surface area (Å²) in [6.45, 7) is 1.83. The molecule has 6 heteroatoms. The monoisotopic (exact) mass is 419 g/mol. The average Bonchev–Trinajstić information content (AvgIpc) is 3.34. The number of thiophene rings is 1. The van der Waals surface area contributed by atoms with E-state index in [-0.39, 0.29) is 5.92 Å². The summed E-state index contributed by atoms with van der Waals surface area (Å²) in [5.41, 5.74) is 4.85. The van der Waals surface area contributed by atoms with Crippen molar-refractivity contribution in [2.24, 2.45) is 0 Å². The molecule has 0 spiro atoms. The van der Waals surface area contributed by atoms with Gasteiger partial charge in [0.2, 0.25) is 0 Å². The molecule has 0 bridgehead atoms. The molecule has 1 aromatic heterocycles. The molecule has 1 N–H and O–H groups in total. The Balaban J connectivity index is 1.17. The fraction of sp³-hybridized carbons (Fsp3) is 0.208. The van der Waals surface area contributed by atoms with Crippen molar-refractivity contribution in [3.05, 3.63) is 76.0 Å². The van der Waals surface area contributed by atoms with Crippen molar-refractivity contribution in [2.75, 3.05) is 26.4 Å². The lowest BCUT2D eigenvalue weighted by Gasteiger charge is -2.15. The molecule has 1 aliphatic carbocycles. The summed E-state index contributed by atoms with van der Waals surface area (Å²) in [6, 6.07) is 16.6. The Morgan fingerprint density at radius 2 is 1.77 bits per heavy atom. The SMILES string of the molecule is O=C(NCC=Cc1scc2c1OCCO2)OCC1c2ccccc2-c2ccccc21. The molecular weight excluding hydrogens is 398 g/mol. The molecule has 1 aliphatic heterocycles. The average molecular weight is 420 g/mol. The van der Waals surface area contributed by atoms with Crippen LogP contribution < -0.4 is 14.8 Å². The number of rotatable bonds is 5. The van der Waals surface area contributed by atoms with E-state index >= 15 is 0 Å². The second-order valence-electron chi connectivity index (χ2n) is 7.10. The highest BCUT2D eigenvalue weighted by atomic mass is 32.1. The largest absolute Gasteiger partial charge is 0.485 e. The summed E-state index contributed by atoms with van der Waals surface area (Å²) in [5, 5.41) is 4.72. The molecule has 0 radical (unpaired) electrons. The van der Waals surface area contributed by atoms with Gasteiger partial charge in [0.25, 0.3) is 0 Å². The highest BCUT2D eigenvalue weighted by Crippen LogP contribution is 2.44. The van der Waals surface area contributed by atoms with Crippen LogP contribution in [0.4, 0.5) is 4.79 Å². The molecule has 30 heavy (non-hydrogen) atoms. The molecule has 0 saturated heterocycles. The first kappa shape index (κ1) is 18.8. The maximum Gasteiger partial charge on any atom is 0.407 e. The van der Waals surface area contributed by atoms with Gasteiger partial charge in [-0.15, -0.1) is 11.3 Å². The Bertz CT molecular complexity index is 1060. The van der Waals surface area contributed by atoms with E-state index in [1.54, 1.807) is 11.3 Å². The third-order valence-corrected chi connectivity index (χ3v) is 6.21. The van der Waals surface area contributed by atoms with Crippen LogP contribution in [-0.4, -0.2) is 32.5 Å². The third kappa shape index (κ3) is 3.55. The van der Waals surface area contributed by atoms with Crippen molar-refractivity contribution < 1.29 is 19.0 Å². The molecule has 5 rings (SSSR count). The molecule has 0 unspecified atom stereocenters. The molecule has 0 atom stereocenters. The van der Waals surface area contributed by atoms with Gasteiger partial charge in [0.05, 0.1) is 4.88 Å². The number of amides is 1. The zero-order valence-corrected chi connectivity index (χ0v) is 17.1. The summed E-state index contributed by atoms with van der Waals surface area (Å²) in [6.07, 6.45) is 3.39. The minimum absolute atomic E-state index is 0.0634. The Morgan fingerprint density at radius 3 is 2.53 bits per heavy atom. The molecule has 3 aromatic rings.